The van der Waals surface area contributed by atoms with E-state index < -0.39 is 0 Å². The van der Waals surface area contributed by atoms with Gasteiger partial charge in [0, 0.05) is 33.0 Å². The topological polar surface area (TPSA) is 42.4 Å². The van der Waals surface area contributed by atoms with Crippen LogP contribution in [0.4, 0.5) is 17.1 Å². The number of hydrogen-bond donors (Lipinski definition) is 0. The van der Waals surface area contributed by atoms with Gasteiger partial charge in [-0.05, 0) is 75.6 Å². The highest BCUT2D eigenvalue weighted by Crippen LogP contribution is 2.47. The van der Waals surface area contributed by atoms with E-state index in [1.807, 2.05) is 42.5 Å². The SMILES string of the molecule is c1ccc(-c2nc3c4ccc5ccc(N(c6ccccc6-c6ccccc6)c6cccc7oc8ccccc8c67)cc5c4c4ccccc4c3o2)cc1. The number of oxazole rings is 1. The van der Waals surface area contributed by atoms with Gasteiger partial charge in [-0.3, -0.25) is 0 Å². The van der Waals surface area contributed by atoms with E-state index in [0.29, 0.717) is 5.89 Å². The lowest BCUT2D eigenvalue weighted by Gasteiger charge is -2.29. The number of rotatable bonds is 5. The second kappa shape index (κ2) is 11.7. The summed E-state index contributed by atoms with van der Waals surface area (Å²) in [5.41, 5.74) is 9.80. The molecule has 0 saturated carbocycles. The third kappa shape index (κ3) is 4.59. The summed E-state index contributed by atoms with van der Waals surface area (Å²) < 4.78 is 13.0. The first-order valence-corrected chi connectivity index (χ1v) is 17.9. The Labute approximate surface area is 304 Å². The molecule has 4 nitrogen and oxygen atoms in total. The standard InChI is InChI=1S/C49H30N2O2/c1-3-14-31(15-4-1)35-18-9-11-22-41(35)51(42-23-13-25-44-46(42)38-21-10-12-24-43(38)52-44)34-28-26-32-27-29-39-45(40(32)30-34)36-19-7-8-20-37(36)48-47(39)50-49(53-48)33-16-5-2-6-17-33/h1-30H. The van der Waals surface area contributed by atoms with Crippen molar-refractivity contribution in [2.75, 3.05) is 4.90 Å². The largest absolute Gasteiger partial charge is 0.456 e. The molecule has 0 radical (unpaired) electrons. The van der Waals surface area contributed by atoms with Crippen molar-refractivity contribution in [1.29, 1.82) is 0 Å². The van der Waals surface area contributed by atoms with Gasteiger partial charge < -0.3 is 13.7 Å². The number of nitrogens with zero attached hydrogens (tertiary/aromatic N) is 2. The van der Waals surface area contributed by atoms with Gasteiger partial charge in [0.2, 0.25) is 5.89 Å². The number of hydrogen-bond acceptors (Lipinski definition) is 4. The van der Waals surface area contributed by atoms with Crippen LogP contribution in [0.15, 0.2) is 191 Å². The molecule has 248 valence electrons. The van der Waals surface area contributed by atoms with Crippen LogP contribution >= 0.6 is 0 Å². The van der Waals surface area contributed by atoms with Gasteiger partial charge in [-0.1, -0.05) is 133 Å². The number of benzene rings is 9. The Kier molecular flexibility index (Phi) is 6.52. The van der Waals surface area contributed by atoms with Crippen molar-refractivity contribution in [1.82, 2.24) is 4.98 Å². The van der Waals surface area contributed by atoms with Crippen molar-refractivity contribution < 1.29 is 8.83 Å². The Bertz CT molecular complexity index is 3180. The fourth-order valence-electron chi connectivity index (χ4n) is 8.10. The molecule has 2 aromatic heterocycles. The zero-order chi connectivity index (χ0) is 34.9. The van der Waals surface area contributed by atoms with Crippen LogP contribution in [0.5, 0.6) is 0 Å². The monoisotopic (exact) mass is 678 g/mol. The minimum atomic E-state index is 0.622. The van der Waals surface area contributed by atoms with Gasteiger partial charge in [0.05, 0.1) is 16.8 Å². The maximum atomic E-state index is 6.56. The highest BCUT2D eigenvalue weighted by atomic mass is 16.3. The van der Waals surface area contributed by atoms with Crippen LogP contribution in [0.25, 0.3) is 87.9 Å². The van der Waals surface area contributed by atoms with E-state index in [2.05, 4.69) is 144 Å². The summed E-state index contributed by atoms with van der Waals surface area (Å²) in [6.07, 6.45) is 0. The fraction of sp³-hybridized carbons (Fsp3) is 0. The van der Waals surface area contributed by atoms with E-state index in [-0.39, 0.29) is 0 Å². The van der Waals surface area contributed by atoms with Crippen molar-refractivity contribution in [3.05, 3.63) is 182 Å². The van der Waals surface area contributed by atoms with Crippen LogP contribution in [0.2, 0.25) is 0 Å². The molecule has 0 fully saturated rings. The van der Waals surface area contributed by atoms with E-state index in [1.165, 1.54) is 0 Å². The molecule has 4 heteroatoms. The summed E-state index contributed by atoms with van der Waals surface area (Å²) in [6, 6.07) is 63.9. The van der Waals surface area contributed by atoms with E-state index >= 15 is 0 Å². The van der Waals surface area contributed by atoms with Gasteiger partial charge >= 0.3 is 0 Å². The molecular formula is C49H30N2O2. The maximum absolute atomic E-state index is 6.56. The second-order valence-corrected chi connectivity index (χ2v) is 13.5. The van der Waals surface area contributed by atoms with Crippen molar-refractivity contribution in [2.45, 2.75) is 0 Å². The maximum Gasteiger partial charge on any atom is 0.227 e. The highest BCUT2D eigenvalue weighted by molar-refractivity contribution is 6.30. The molecule has 0 N–H and O–H groups in total. The van der Waals surface area contributed by atoms with E-state index in [1.54, 1.807) is 0 Å². The predicted molar refractivity (Wildman–Crippen MR) is 219 cm³/mol. The second-order valence-electron chi connectivity index (χ2n) is 13.5. The Morgan fingerprint density at radius 3 is 1.92 bits per heavy atom. The quantitative estimate of drug-likeness (QED) is 0.170. The fourth-order valence-corrected chi connectivity index (χ4v) is 8.10. The van der Waals surface area contributed by atoms with Crippen molar-refractivity contribution >= 4 is 82.4 Å². The molecule has 0 unspecified atom stereocenters. The molecule has 53 heavy (non-hydrogen) atoms. The average molecular weight is 679 g/mol. The van der Waals surface area contributed by atoms with E-state index in [9.17, 15) is 0 Å². The number of fused-ring (bicyclic) bond motifs is 11. The summed E-state index contributed by atoms with van der Waals surface area (Å²) in [4.78, 5) is 7.53. The van der Waals surface area contributed by atoms with Crippen molar-refractivity contribution in [3.63, 3.8) is 0 Å². The summed E-state index contributed by atoms with van der Waals surface area (Å²) in [7, 11) is 0. The summed E-state index contributed by atoms with van der Waals surface area (Å²) >= 11 is 0. The molecule has 0 aliphatic heterocycles. The zero-order valence-corrected chi connectivity index (χ0v) is 28.5. The third-order valence-electron chi connectivity index (χ3n) is 10.5. The van der Waals surface area contributed by atoms with Crippen molar-refractivity contribution in [3.8, 4) is 22.6 Å². The van der Waals surface area contributed by atoms with Crippen LogP contribution < -0.4 is 4.90 Å². The number of para-hydroxylation sites is 2. The van der Waals surface area contributed by atoms with Gasteiger partial charge in [-0.25, -0.2) is 4.98 Å². The molecule has 9 aromatic carbocycles. The first-order chi connectivity index (χ1) is 26.3. The molecule has 0 spiro atoms. The van der Waals surface area contributed by atoms with Crippen LogP contribution in [-0.4, -0.2) is 4.98 Å². The molecule has 0 bridgehead atoms. The molecule has 2 heterocycles. The lowest BCUT2D eigenvalue weighted by atomic mass is 9.94. The number of aromatic nitrogens is 1. The van der Waals surface area contributed by atoms with Gasteiger partial charge in [-0.15, -0.1) is 0 Å². The third-order valence-corrected chi connectivity index (χ3v) is 10.5. The highest BCUT2D eigenvalue weighted by Gasteiger charge is 2.23. The molecule has 0 saturated heterocycles. The van der Waals surface area contributed by atoms with Crippen LogP contribution in [0.1, 0.15) is 0 Å². The first-order valence-electron chi connectivity index (χ1n) is 17.9. The number of anilines is 3. The van der Waals surface area contributed by atoms with Crippen LogP contribution in [0, 0.1) is 0 Å². The minimum absolute atomic E-state index is 0.622. The van der Waals surface area contributed by atoms with Gasteiger partial charge in [0.25, 0.3) is 0 Å². The van der Waals surface area contributed by atoms with Gasteiger partial charge in [0.1, 0.15) is 16.7 Å². The van der Waals surface area contributed by atoms with Gasteiger partial charge in [-0.2, -0.15) is 0 Å². The lowest BCUT2D eigenvalue weighted by molar-refractivity contribution is 0.623. The Morgan fingerprint density at radius 2 is 1.08 bits per heavy atom. The summed E-state index contributed by atoms with van der Waals surface area (Å²) in [5.74, 6) is 0.622. The predicted octanol–water partition coefficient (Wildman–Crippen LogP) is 14.0. The first kappa shape index (κ1) is 29.5. The smallest absolute Gasteiger partial charge is 0.227 e. The molecule has 0 atom stereocenters. The van der Waals surface area contributed by atoms with E-state index in [4.69, 9.17) is 13.8 Å². The molecule has 11 aromatic rings. The molecular weight excluding hydrogens is 649 g/mol. The number of furan rings is 1. The molecule has 0 amide bonds. The zero-order valence-electron chi connectivity index (χ0n) is 28.5. The molecule has 0 aliphatic carbocycles. The average Bonchev–Trinajstić information content (AvgIpc) is 3.85. The van der Waals surface area contributed by atoms with Gasteiger partial charge in [0.15, 0.2) is 5.58 Å². The van der Waals surface area contributed by atoms with E-state index in [0.717, 1.165) is 99.1 Å². The normalized spacial score (nSPS) is 11.8. The summed E-state index contributed by atoms with van der Waals surface area (Å²) in [6.45, 7) is 0. The van der Waals surface area contributed by atoms with Crippen LogP contribution in [-0.2, 0) is 0 Å². The Morgan fingerprint density at radius 1 is 0.415 bits per heavy atom. The Hall–Kier alpha value is -7.17. The minimum Gasteiger partial charge on any atom is -0.456 e. The molecule has 11 rings (SSSR count). The molecule has 0 aliphatic rings. The Balaban J connectivity index is 1.24. The summed E-state index contributed by atoms with van der Waals surface area (Å²) in [5, 5.41) is 8.86. The lowest BCUT2D eigenvalue weighted by Crippen LogP contribution is -2.11. The van der Waals surface area contributed by atoms with Crippen LogP contribution in [0.3, 0.4) is 0 Å². The van der Waals surface area contributed by atoms with Crippen molar-refractivity contribution in [2.24, 2.45) is 0 Å².